The van der Waals surface area contributed by atoms with Gasteiger partial charge in [0.1, 0.15) is 11.8 Å². The number of allylic oxidation sites excluding steroid dienone is 1. The van der Waals surface area contributed by atoms with Crippen LogP contribution in [0.1, 0.15) is 26.2 Å². The molecule has 0 aromatic heterocycles. The van der Waals surface area contributed by atoms with Gasteiger partial charge in [-0.2, -0.15) is 0 Å². The number of aliphatic imine (C=N–C) groups is 1. The third-order valence-corrected chi connectivity index (χ3v) is 2.01. The standard InChI is InChI=1S/C9H13NO2/c1-6(11)8-4-3-5-9(10-8)7(2)12/h9,11H,1,3-5H2,2H3/t9-/m0/s1. The largest absolute Gasteiger partial charge is 0.507 e. The highest BCUT2D eigenvalue weighted by Gasteiger charge is 2.19. The molecule has 0 bridgehead atoms. The molecule has 0 aromatic rings. The summed E-state index contributed by atoms with van der Waals surface area (Å²) in [6.07, 6.45) is 2.44. The first-order valence-corrected chi connectivity index (χ1v) is 4.06. The summed E-state index contributed by atoms with van der Waals surface area (Å²) in [5.41, 5.74) is 0.585. The average Bonchev–Trinajstić information content (AvgIpc) is 2.04. The molecule has 1 N–H and O–H groups in total. The van der Waals surface area contributed by atoms with Crippen molar-refractivity contribution in [3.8, 4) is 0 Å². The van der Waals surface area contributed by atoms with Gasteiger partial charge < -0.3 is 5.11 Å². The summed E-state index contributed by atoms with van der Waals surface area (Å²) in [4.78, 5) is 15.0. The Morgan fingerprint density at radius 1 is 1.75 bits per heavy atom. The SMILES string of the molecule is C=C(O)C1=N[C@H](C(C)=O)CCC1. The van der Waals surface area contributed by atoms with E-state index in [0.29, 0.717) is 5.71 Å². The summed E-state index contributed by atoms with van der Waals surface area (Å²) in [5.74, 6) is 0.0643. The second-order valence-corrected chi connectivity index (χ2v) is 3.04. The summed E-state index contributed by atoms with van der Waals surface area (Å²) >= 11 is 0. The lowest BCUT2D eigenvalue weighted by molar-refractivity contribution is -0.118. The summed E-state index contributed by atoms with van der Waals surface area (Å²) in [7, 11) is 0. The molecule has 0 spiro atoms. The first-order valence-electron chi connectivity index (χ1n) is 4.06. The Hall–Kier alpha value is -1.12. The maximum atomic E-state index is 10.9. The summed E-state index contributed by atoms with van der Waals surface area (Å²) in [6, 6.07) is -0.252. The minimum absolute atomic E-state index is 0.000880. The van der Waals surface area contributed by atoms with Gasteiger partial charge >= 0.3 is 0 Å². The van der Waals surface area contributed by atoms with Gasteiger partial charge in [-0.3, -0.25) is 9.79 Å². The number of nitrogens with zero attached hydrogens (tertiary/aromatic N) is 1. The third kappa shape index (κ3) is 1.94. The quantitative estimate of drug-likeness (QED) is 0.635. The maximum Gasteiger partial charge on any atom is 0.154 e. The fourth-order valence-corrected chi connectivity index (χ4v) is 1.29. The van der Waals surface area contributed by atoms with Crippen LogP contribution in [0.4, 0.5) is 0 Å². The van der Waals surface area contributed by atoms with Crippen LogP contribution in [0.3, 0.4) is 0 Å². The molecule has 0 saturated heterocycles. The molecule has 0 aliphatic carbocycles. The number of carbonyl (C=O) groups excluding carboxylic acids is 1. The van der Waals surface area contributed by atoms with Gasteiger partial charge in [0.05, 0.1) is 5.71 Å². The molecule has 0 unspecified atom stereocenters. The number of rotatable bonds is 2. The Morgan fingerprint density at radius 3 is 2.92 bits per heavy atom. The first-order chi connectivity index (χ1) is 5.61. The number of Topliss-reactive ketones (excluding diaryl/α,β-unsaturated/α-hetero) is 1. The molecule has 1 heterocycles. The van der Waals surface area contributed by atoms with Gasteiger partial charge in [-0.05, 0) is 26.2 Å². The molecule has 66 valence electrons. The van der Waals surface area contributed by atoms with Crippen molar-refractivity contribution in [2.24, 2.45) is 4.99 Å². The number of hydrogen-bond donors (Lipinski definition) is 1. The predicted molar refractivity (Wildman–Crippen MR) is 47.5 cm³/mol. The molecule has 3 heteroatoms. The molecule has 1 atom stereocenters. The van der Waals surface area contributed by atoms with Gasteiger partial charge in [0, 0.05) is 0 Å². The Labute approximate surface area is 71.8 Å². The zero-order valence-corrected chi connectivity index (χ0v) is 7.21. The van der Waals surface area contributed by atoms with Crippen LogP contribution in [-0.4, -0.2) is 22.6 Å². The first kappa shape index (κ1) is 8.97. The normalized spacial score (nSPS) is 23.1. The molecule has 12 heavy (non-hydrogen) atoms. The van der Waals surface area contributed by atoms with E-state index in [1.54, 1.807) is 0 Å². The Kier molecular flexibility index (Phi) is 2.63. The molecule has 0 amide bonds. The van der Waals surface area contributed by atoms with Crippen LogP contribution in [0.25, 0.3) is 0 Å². The van der Waals surface area contributed by atoms with E-state index in [-0.39, 0.29) is 17.6 Å². The molecule has 3 nitrogen and oxygen atoms in total. The monoisotopic (exact) mass is 167 g/mol. The summed E-state index contributed by atoms with van der Waals surface area (Å²) in [5, 5.41) is 9.04. The number of carbonyl (C=O) groups is 1. The van der Waals surface area contributed by atoms with E-state index in [2.05, 4.69) is 11.6 Å². The summed E-state index contributed by atoms with van der Waals surface area (Å²) in [6.45, 7) is 4.91. The second kappa shape index (κ2) is 3.52. The molecule has 0 fully saturated rings. The molecule has 1 aliphatic rings. The van der Waals surface area contributed by atoms with E-state index in [4.69, 9.17) is 5.11 Å². The van der Waals surface area contributed by atoms with Crippen molar-refractivity contribution in [1.82, 2.24) is 0 Å². The van der Waals surface area contributed by atoms with Crippen LogP contribution < -0.4 is 0 Å². The highest BCUT2D eigenvalue weighted by molar-refractivity contribution is 6.00. The van der Waals surface area contributed by atoms with E-state index in [9.17, 15) is 4.79 Å². The maximum absolute atomic E-state index is 10.9. The Bertz CT molecular complexity index is 243. The van der Waals surface area contributed by atoms with Crippen molar-refractivity contribution < 1.29 is 9.90 Å². The van der Waals surface area contributed by atoms with Gasteiger partial charge in [0.2, 0.25) is 0 Å². The molecule has 0 aromatic carbocycles. The predicted octanol–water partition coefficient (Wildman–Crippen LogP) is 1.64. The number of hydrogen-bond acceptors (Lipinski definition) is 3. The molecule has 0 saturated carbocycles. The second-order valence-electron chi connectivity index (χ2n) is 3.04. The third-order valence-electron chi connectivity index (χ3n) is 2.01. The van der Waals surface area contributed by atoms with Gasteiger partial charge in [-0.1, -0.05) is 6.58 Å². The van der Waals surface area contributed by atoms with Gasteiger partial charge in [0.15, 0.2) is 5.78 Å². The fraction of sp³-hybridized carbons (Fsp3) is 0.556. The van der Waals surface area contributed by atoms with Gasteiger partial charge in [-0.25, -0.2) is 0 Å². The smallest absolute Gasteiger partial charge is 0.154 e. The van der Waals surface area contributed by atoms with Gasteiger partial charge in [0.25, 0.3) is 0 Å². The minimum Gasteiger partial charge on any atom is -0.507 e. The van der Waals surface area contributed by atoms with E-state index in [1.165, 1.54) is 6.92 Å². The fourth-order valence-electron chi connectivity index (χ4n) is 1.29. The van der Waals surface area contributed by atoms with Crippen molar-refractivity contribution in [3.63, 3.8) is 0 Å². The lowest BCUT2D eigenvalue weighted by atomic mass is 10.00. The number of aliphatic hydroxyl groups excluding tert-OH is 1. The van der Waals surface area contributed by atoms with Crippen LogP contribution in [0.5, 0.6) is 0 Å². The minimum atomic E-state index is -0.252. The van der Waals surface area contributed by atoms with E-state index in [1.807, 2.05) is 0 Å². The average molecular weight is 167 g/mol. The summed E-state index contributed by atoms with van der Waals surface area (Å²) < 4.78 is 0. The molecular weight excluding hydrogens is 154 g/mol. The molecule has 0 radical (unpaired) electrons. The Morgan fingerprint density at radius 2 is 2.42 bits per heavy atom. The van der Waals surface area contributed by atoms with Crippen LogP contribution in [0.2, 0.25) is 0 Å². The lowest BCUT2D eigenvalue weighted by Crippen LogP contribution is -2.22. The van der Waals surface area contributed by atoms with Crippen molar-refractivity contribution in [2.75, 3.05) is 0 Å². The topological polar surface area (TPSA) is 49.7 Å². The molecular formula is C9H13NO2. The molecule has 1 rings (SSSR count). The van der Waals surface area contributed by atoms with Crippen LogP contribution >= 0.6 is 0 Å². The number of ketones is 1. The Balaban J connectivity index is 2.76. The highest BCUT2D eigenvalue weighted by Crippen LogP contribution is 2.16. The van der Waals surface area contributed by atoms with Crippen molar-refractivity contribution in [1.29, 1.82) is 0 Å². The van der Waals surface area contributed by atoms with Crippen LogP contribution in [0, 0.1) is 0 Å². The lowest BCUT2D eigenvalue weighted by Gasteiger charge is -2.17. The zero-order chi connectivity index (χ0) is 9.14. The van der Waals surface area contributed by atoms with E-state index >= 15 is 0 Å². The number of aliphatic hydroxyl groups is 1. The highest BCUT2D eigenvalue weighted by atomic mass is 16.3. The van der Waals surface area contributed by atoms with Crippen molar-refractivity contribution in [2.45, 2.75) is 32.2 Å². The zero-order valence-electron chi connectivity index (χ0n) is 7.21. The van der Waals surface area contributed by atoms with E-state index in [0.717, 1.165) is 19.3 Å². The van der Waals surface area contributed by atoms with Crippen LogP contribution in [-0.2, 0) is 4.79 Å². The van der Waals surface area contributed by atoms with Crippen LogP contribution in [0.15, 0.2) is 17.3 Å². The van der Waals surface area contributed by atoms with Gasteiger partial charge in [-0.15, -0.1) is 0 Å². The van der Waals surface area contributed by atoms with Crippen molar-refractivity contribution >= 4 is 11.5 Å². The van der Waals surface area contributed by atoms with Crippen molar-refractivity contribution in [3.05, 3.63) is 12.3 Å². The van der Waals surface area contributed by atoms with E-state index < -0.39 is 0 Å². The molecule has 1 aliphatic heterocycles.